The molecule has 1 unspecified atom stereocenters. The van der Waals surface area contributed by atoms with Crippen LogP contribution in [0.4, 0.5) is 5.69 Å². The molecule has 0 aliphatic carbocycles. The van der Waals surface area contributed by atoms with Crippen LogP contribution in [0.2, 0.25) is 5.02 Å². The van der Waals surface area contributed by atoms with E-state index in [-0.39, 0.29) is 10.7 Å². The van der Waals surface area contributed by atoms with Crippen LogP contribution in [0.15, 0.2) is 54.6 Å². The van der Waals surface area contributed by atoms with Crippen molar-refractivity contribution in [3.8, 4) is 0 Å². The molecule has 2 aromatic rings. The molecule has 1 amide bonds. The minimum Gasteiger partial charge on any atom is -0.375 e. The molecule has 0 heterocycles. The van der Waals surface area contributed by atoms with E-state index >= 15 is 0 Å². The van der Waals surface area contributed by atoms with Gasteiger partial charge in [-0.05, 0) is 24.6 Å². The SMILES string of the molecule is CC(O)(C(=O)N(O)c1ccccc1Cl)c1ccccc1. The van der Waals surface area contributed by atoms with Gasteiger partial charge in [-0.1, -0.05) is 54.1 Å². The average molecular weight is 292 g/mol. The normalized spacial score (nSPS) is 13.6. The van der Waals surface area contributed by atoms with Gasteiger partial charge in [-0.3, -0.25) is 10.0 Å². The summed E-state index contributed by atoms with van der Waals surface area (Å²) in [6.07, 6.45) is 0. The lowest BCUT2D eigenvalue weighted by Gasteiger charge is -2.27. The number of anilines is 1. The largest absolute Gasteiger partial charge is 0.375 e. The van der Waals surface area contributed by atoms with Gasteiger partial charge in [-0.25, -0.2) is 0 Å². The van der Waals surface area contributed by atoms with Gasteiger partial charge in [-0.2, -0.15) is 5.06 Å². The summed E-state index contributed by atoms with van der Waals surface area (Å²) in [6.45, 7) is 1.32. The van der Waals surface area contributed by atoms with Crippen LogP contribution in [0.1, 0.15) is 12.5 Å². The van der Waals surface area contributed by atoms with Crippen LogP contribution < -0.4 is 5.06 Å². The van der Waals surface area contributed by atoms with E-state index in [1.807, 2.05) is 0 Å². The van der Waals surface area contributed by atoms with Crippen LogP contribution in [0.25, 0.3) is 0 Å². The first-order valence-electron chi connectivity index (χ1n) is 6.00. The molecular weight excluding hydrogens is 278 g/mol. The van der Waals surface area contributed by atoms with Crippen LogP contribution in [-0.4, -0.2) is 16.2 Å². The smallest absolute Gasteiger partial charge is 0.286 e. The number of halogens is 1. The molecular formula is C15H14ClNO3. The highest BCUT2D eigenvalue weighted by Crippen LogP contribution is 2.29. The first kappa shape index (κ1) is 14.5. The van der Waals surface area contributed by atoms with Crippen molar-refractivity contribution >= 4 is 23.2 Å². The van der Waals surface area contributed by atoms with E-state index in [4.69, 9.17) is 11.6 Å². The van der Waals surface area contributed by atoms with Gasteiger partial charge in [-0.15, -0.1) is 0 Å². The maximum atomic E-state index is 12.3. The van der Waals surface area contributed by atoms with E-state index in [1.165, 1.54) is 13.0 Å². The number of carbonyl (C=O) groups is 1. The van der Waals surface area contributed by atoms with Crippen LogP contribution in [0.3, 0.4) is 0 Å². The molecule has 1 atom stereocenters. The summed E-state index contributed by atoms with van der Waals surface area (Å²) in [7, 11) is 0. The fourth-order valence-corrected chi connectivity index (χ4v) is 2.04. The van der Waals surface area contributed by atoms with E-state index in [0.717, 1.165) is 0 Å². The quantitative estimate of drug-likeness (QED) is 0.675. The molecule has 20 heavy (non-hydrogen) atoms. The lowest BCUT2D eigenvalue weighted by atomic mass is 9.95. The third-order valence-electron chi connectivity index (χ3n) is 3.03. The molecule has 0 bridgehead atoms. The number of amides is 1. The number of benzene rings is 2. The minimum atomic E-state index is -1.85. The number of nitrogens with zero attached hydrogens (tertiary/aromatic N) is 1. The molecule has 0 saturated carbocycles. The number of carbonyl (C=O) groups excluding carboxylic acids is 1. The summed E-state index contributed by atoms with van der Waals surface area (Å²) in [5, 5.41) is 21.0. The molecule has 104 valence electrons. The summed E-state index contributed by atoms with van der Waals surface area (Å²) in [4.78, 5) is 12.3. The molecule has 0 spiro atoms. The van der Waals surface area contributed by atoms with Gasteiger partial charge in [0, 0.05) is 0 Å². The highest BCUT2D eigenvalue weighted by atomic mass is 35.5. The first-order valence-corrected chi connectivity index (χ1v) is 6.38. The maximum absolute atomic E-state index is 12.3. The van der Waals surface area contributed by atoms with Crippen LogP contribution >= 0.6 is 11.6 Å². The summed E-state index contributed by atoms with van der Waals surface area (Å²) in [5.41, 5.74) is -1.35. The van der Waals surface area contributed by atoms with Crippen molar-refractivity contribution in [1.29, 1.82) is 0 Å². The molecule has 0 saturated heterocycles. The number of hydrogen-bond donors (Lipinski definition) is 2. The summed E-state index contributed by atoms with van der Waals surface area (Å²) >= 11 is 5.92. The number of para-hydroxylation sites is 1. The van der Waals surface area contributed by atoms with Crippen molar-refractivity contribution < 1.29 is 15.1 Å². The number of rotatable bonds is 3. The van der Waals surface area contributed by atoms with E-state index in [0.29, 0.717) is 10.6 Å². The van der Waals surface area contributed by atoms with Crippen molar-refractivity contribution in [2.75, 3.05) is 5.06 Å². The molecule has 0 radical (unpaired) electrons. The zero-order chi connectivity index (χ0) is 14.8. The molecule has 2 rings (SSSR count). The van der Waals surface area contributed by atoms with E-state index < -0.39 is 11.5 Å². The van der Waals surface area contributed by atoms with Crippen molar-refractivity contribution in [1.82, 2.24) is 0 Å². The zero-order valence-corrected chi connectivity index (χ0v) is 11.6. The highest BCUT2D eigenvalue weighted by Gasteiger charge is 2.37. The molecule has 4 nitrogen and oxygen atoms in total. The van der Waals surface area contributed by atoms with Crippen molar-refractivity contribution in [3.05, 3.63) is 65.2 Å². The van der Waals surface area contributed by atoms with E-state index in [1.54, 1.807) is 48.5 Å². The fraction of sp³-hybridized carbons (Fsp3) is 0.133. The Labute approximate surface area is 121 Å². The molecule has 0 aliphatic heterocycles. The maximum Gasteiger partial charge on any atom is 0.286 e. The zero-order valence-electron chi connectivity index (χ0n) is 10.8. The first-order chi connectivity index (χ1) is 9.44. The summed E-state index contributed by atoms with van der Waals surface area (Å²) in [6, 6.07) is 14.7. The Balaban J connectivity index is 2.34. The van der Waals surface area contributed by atoms with Gasteiger partial charge in [0.2, 0.25) is 0 Å². The predicted molar refractivity (Wildman–Crippen MR) is 76.7 cm³/mol. The molecule has 2 aromatic carbocycles. The number of hydroxylamine groups is 1. The van der Waals surface area contributed by atoms with E-state index in [2.05, 4.69) is 0 Å². The molecule has 0 aliphatic rings. The molecule has 0 fully saturated rings. The third kappa shape index (κ3) is 2.67. The van der Waals surface area contributed by atoms with Crippen LogP contribution in [0.5, 0.6) is 0 Å². The Morgan fingerprint density at radius 1 is 1.10 bits per heavy atom. The average Bonchev–Trinajstić information content (AvgIpc) is 2.47. The Kier molecular flexibility index (Phi) is 4.09. The third-order valence-corrected chi connectivity index (χ3v) is 3.34. The molecule has 5 heteroatoms. The second kappa shape index (κ2) is 5.63. The highest BCUT2D eigenvalue weighted by molar-refractivity contribution is 6.33. The second-order valence-corrected chi connectivity index (χ2v) is 4.91. The topological polar surface area (TPSA) is 60.8 Å². The second-order valence-electron chi connectivity index (χ2n) is 4.51. The van der Waals surface area contributed by atoms with Gasteiger partial charge in [0.25, 0.3) is 5.91 Å². The predicted octanol–water partition coefficient (Wildman–Crippen LogP) is 2.97. The molecule has 2 N–H and O–H groups in total. The lowest BCUT2D eigenvalue weighted by Crippen LogP contribution is -2.43. The van der Waals surface area contributed by atoms with E-state index in [9.17, 15) is 15.1 Å². The van der Waals surface area contributed by atoms with Gasteiger partial charge in [0.1, 0.15) is 0 Å². The van der Waals surface area contributed by atoms with Crippen molar-refractivity contribution in [2.24, 2.45) is 0 Å². The van der Waals surface area contributed by atoms with Crippen molar-refractivity contribution in [3.63, 3.8) is 0 Å². The van der Waals surface area contributed by atoms with Gasteiger partial charge in [0.05, 0.1) is 10.7 Å². The Morgan fingerprint density at radius 2 is 1.65 bits per heavy atom. The van der Waals surface area contributed by atoms with Crippen molar-refractivity contribution in [2.45, 2.75) is 12.5 Å². The molecule has 0 aromatic heterocycles. The number of aliphatic hydroxyl groups is 1. The minimum absolute atomic E-state index is 0.121. The number of hydrogen-bond acceptors (Lipinski definition) is 3. The Morgan fingerprint density at radius 3 is 2.25 bits per heavy atom. The monoisotopic (exact) mass is 291 g/mol. The van der Waals surface area contributed by atoms with Gasteiger partial charge in [0.15, 0.2) is 5.60 Å². The fourth-order valence-electron chi connectivity index (χ4n) is 1.83. The standard InChI is InChI=1S/C15H14ClNO3/c1-15(19,11-7-3-2-4-8-11)14(18)17(20)13-10-6-5-9-12(13)16/h2-10,19-20H,1H3. The van der Waals surface area contributed by atoms with Crippen LogP contribution in [-0.2, 0) is 10.4 Å². The van der Waals surface area contributed by atoms with Gasteiger partial charge >= 0.3 is 0 Å². The lowest BCUT2D eigenvalue weighted by molar-refractivity contribution is -0.141. The summed E-state index contributed by atoms with van der Waals surface area (Å²) in [5.74, 6) is -0.878. The Hall–Kier alpha value is -1.88. The Bertz CT molecular complexity index is 614. The summed E-state index contributed by atoms with van der Waals surface area (Å²) < 4.78 is 0. The van der Waals surface area contributed by atoms with Gasteiger partial charge < -0.3 is 5.11 Å². The van der Waals surface area contributed by atoms with Crippen LogP contribution in [0, 0.1) is 0 Å².